The molecule has 1 fully saturated rings. The van der Waals surface area contributed by atoms with Crippen molar-refractivity contribution in [2.45, 2.75) is 51.4 Å². The second kappa shape index (κ2) is 7.28. The third-order valence-corrected chi connectivity index (χ3v) is 3.01. The zero-order valence-corrected chi connectivity index (χ0v) is 9.30. The molecular weight excluding hydrogens is 188 g/mol. The molecule has 1 amide bonds. The Kier molecular flexibility index (Phi) is 5.84. The molecule has 1 aliphatic carbocycles. The Labute approximate surface area is 91.9 Å². The average Bonchev–Trinajstić information content (AvgIpc) is 2.17. The minimum atomic E-state index is 0.159. The van der Waals surface area contributed by atoms with Crippen molar-refractivity contribution in [3.8, 4) is 6.07 Å². The van der Waals surface area contributed by atoms with Crippen LogP contribution in [-0.4, -0.2) is 12.5 Å². The summed E-state index contributed by atoms with van der Waals surface area (Å²) in [7, 11) is 0. The van der Waals surface area contributed by atoms with Gasteiger partial charge in [-0.15, -0.1) is 0 Å². The summed E-state index contributed by atoms with van der Waals surface area (Å²) in [4.78, 5) is 11.7. The van der Waals surface area contributed by atoms with E-state index in [9.17, 15) is 4.79 Å². The molecule has 0 atom stereocenters. The summed E-state index contributed by atoms with van der Waals surface area (Å²) in [5.74, 6) is 0.358. The highest BCUT2D eigenvalue weighted by Gasteiger charge is 2.18. The fourth-order valence-corrected chi connectivity index (χ4v) is 2.10. The molecule has 0 aromatic heterocycles. The monoisotopic (exact) mass is 208 g/mol. The Morgan fingerprint density at radius 3 is 2.40 bits per heavy atom. The molecule has 0 unspecified atom stereocenters. The Hall–Kier alpha value is -1.04. The molecule has 0 bridgehead atoms. The third kappa shape index (κ3) is 4.83. The van der Waals surface area contributed by atoms with E-state index in [2.05, 4.69) is 5.32 Å². The SMILES string of the molecule is N#CCCNC(=O)C1CCCCCCC1. The molecule has 84 valence electrons. The van der Waals surface area contributed by atoms with Crippen LogP contribution < -0.4 is 5.32 Å². The minimum absolute atomic E-state index is 0.159. The van der Waals surface area contributed by atoms with Gasteiger partial charge in [0, 0.05) is 12.5 Å². The van der Waals surface area contributed by atoms with Gasteiger partial charge in [0.1, 0.15) is 0 Å². The highest BCUT2D eigenvalue weighted by atomic mass is 16.1. The lowest BCUT2D eigenvalue weighted by Crippen LogP contribution is -2.31. The topological polar surface area (TPSA) is 52.9 Å². The van der Waals surface area contributed by atoms with Crippen LogP contribution in [0.3, 0.4) is 0 Å². The van der Waals surface area contributed by atoms with Crippen molar-refractivity contribution < 1.29 is 4.79 Å². The number of nitriles is 1. The summed E-state index contributed by atoms with van der Waals surface area (Å²) in [6.45, 7) is 0.506. The smallest absolute Gasteiger partial charge is 0.223 e. The predicted octanol–water partition coefficient (Wildman–Crippen LogP) is 2.38. The van der Waals surface area contributed by atoms with Gasteiger partial charge in [-0.05, 0) is 12.8 Å². The van der Waals surface area contributed by atoms with Crippen LogP contribution in [0.5, 0.6) is 0 Å². The molecule has 0 radical (unpaired) electrons. The molecule has 1 saturated carbocycles. The van der Waals surface area contributed by atoms with Crippen molar-refractivity contribution in [1.82, 2.24) is 5.32 Å². The van der Waals surface area contributed by atoms with Gasteiger partial charge in [-0.2, -0.15) is 5.26 Å². The van der Waals surface area contributed by atoms with Gasteiger partial charge in [0.2, 0.25) is 5.91 Å². The number of rotatable bonds is 3. The maximum Gasteiger partial charge on any atom is 0.223 e. The first-order chi connectivity index (χ1) is 7.34. The van der Waals surface area contributed by atoms with Gasteiger partial charge in [-0.25, -0.2) is 0 Å². The molecule has 0 aromatic carbocycles. The Bertz CT molecular complexity index is 224. The van der Waals surface area contributed by atoms with Crippen LogP contribution in [-0.2, 0) is 4.79 Å². The number of hydrogen-bond donors (Lipinski definition) is 1. The fourth-order valence-electron chi connectivity index (χ4n) is 2.10. The standard InChI is InChI=1S/C12H20N2O/c13-9-6-10-14-12(15)11-7-4-2-1-3-5-8-11/h11H,1-8,10H2,(H,14,15). The first-order valence-electron chi connectivity index (χ1n) is 5.99. The summed E-state index contributed by atoms with van der Waals surface area (Å²) in [6.07, 6.45) is 8.68. The number of nitrogens with zero attached hydrogens (tertiary/aromatic N) is 1. The van der Waals surface area contributed by atoms with Gasteiger partial charge in [-0.1, -0.05) is 32.1 Å². The normalized spacial score (nSPS) is 18.6. The lowest BCUT2D eigenvalue weighted by Gasteiger charge is -2.18. The first-order valence-corrected chi connectivity index (χ1v) is 5.99. The number of carbonyl (C=O) groups excluding carboxylic acids is 1. The van der Waals surface area contributed by atoms with Crippen molar-refractivity contribution in [3.05, 3.63) is 0 Å². The van der Waals surface area contributed by atoms with E-state index in [0.29, 0.717) is 13.0 Å². The fraction of sp³-hybridized carbons (Fsp3) is 0.833. The molecule has 0 saturated heterocycles. The summed E-state index contributed by atoms with van der Waals surface area (Å²) in [6, 6.07) is 2.03. The average molecular weight is 208 g/mol. The first kappa shape index (κ1) is 12.0. The van der Waals surface area contributed by atoms with Crippen molar-refractivity contribution in [3.63, 3.8) is 0 Å². The zero-order valence-electron chi connectivity index (χ0n) is 9.30. The number of nitrogens with one attached hydrogen (secondary N) is 1. The molecular formula is C12H20N2O. The van der Waals surface area contributed by atoms with E-state index >= 15 is 0 Å². The van der Waals surface area contributed by atoms with E-state index in [0.717, 1.165) is 12.8 Å². The van der Waals surface area contributed by atoms with Gasteiger partial charge in [0.15, 0.2) is 0 Å². The van der Waals surface area contributed by atoms with Crippen molar-refractivity contribution >= 4 is 5.91 Å². The summed E-state index contributed by atoms with van der Waals surface area (Å²) in [5.41, 5.74) is 0. The molecule has 3 heteroatoms. The molecule has 15 heavy (non-hydrogen) atoms. The van der Waals surface area contributed by atoms with E-state index < -0.39 is 0 Å². The van der Waals surface area contributed by atoms with Gasteiger partial charge in [0.25, 0.3) is 0 Å². The molecule has 0 aliphatic heterocycles. The Morgan fingerprint density at radius 1 is 1.20 bits per heavy atom. The number of hydrogen-bond acceptors (Lipinski definition) is 2. The van der Waals surface area contributed by atoms with Crippen LogP contribution in [0.4, 0.5) is 0 Å². The number of carbonyl (C=O) groups is 1. The maximum absolute atomic E-state index is 11.7. The summed E-state index contributed by atoms with van der Waals surface area (Å²) in [5, 5.41) is 11.2. The van der Waals surface area contributed by atoms with Gasteiger partial charge >= 0.3 is 0 Å². The van der Waals surface area contributed by atoms with Crippen molar-refractivity contribution in [2.24, 2.45) is 5.92 Å². The molecule has 3 nitrogen and oxygen atoms in total. The summed E-state index contributed by atoms with van der Waals surface area (Å²) < 4.78 is 0. The largest absolute Gasteiger partial charge is 0.355 e. The van der Waals surface area contributed by atoms with Crippen LogP contribution in [0.15, 0.2) is 0 Å². The maximum atomic E-state index is 11.7. The molecule has 0 spiro atoms. The molecule has 1 aliphatic rings. The summed E-state index contributed by atoms with van der Waals surface area (Å²) >= 11 is 0. The Balaban J connectivity index is 2.26. The van der Waals surface area contributed by atoms with E-state index in [1.807, 2.05) is 6.07 Å². The van der Waals surface area contributed by atoms with Crippen LogP contribution in [0.1, 0.15) is 51.4 Å². The van der Waals surface area contributed by atoms with Gasteiger partial charge in [0.05, 0.1) is 12.5 Å². The lowest BCUT2D eigenvalue weighted by molar-refractivity contribution is -0.125. The molecule has 0 heterocycles. The Morgan fingerprint density at radius 2 is 1.80 bits per heavy atom. The van der Waals surface area contributed by atoms with Crippen LogP contribution >= 0.6 is 0 Å². The molecule has 0 aromatic rings. The second-order valence-electron chi connectivity index (χ2n) is 4.24. The van der Waals surface area contributed by atoms with Crippen LogP contribution in [0, 0.1) is 17.2 Å². The third-order valence-electron chi connectivity index (χ3n) is 3.01. The number of amides is 1. The van der Waals surface area contributed by atoms with Gasteiger partial charge < -0.3 is 5.32 Å². The van der Waals surface area contributed by atoms with E-state index in [1.54, 1.807) is 0 Å². The van der Waals surface area contributed by atoms with E-state index in [-0.39, 0.29) is 11.8 Å². The second-order valence-corrected chi connectivity index (χ2v) is 4.24. The van der Waals surface area contributed by atoms with Crippen LogP contribution in [0.2, 0.25) is 0 Å². The molecule has 1 N–H and O–H groups in total. The highest BCUT2D eigenvalue weighted by molar-refractivity contribution is 5.78. The van der Waals surface area contributed by atoms with E-state index in [4.69, 9.17) is 5.26 Å². The van der Waals surface area contributed by atoms with E-state index in [1.165, 1.54) is 32.1 Å². The lowest BCUT2D eigenvalue weighted by atomic mass is 9.90. The van der Waals surface area contributed by atoms with Crippen LogP contribution in [0.25, 0.3) is 0 Å². The molecule has 1 rings (SSSR count). The predicted molar refractivity (Wildman–Crippen MR) is 59.0 cm³/mol. The minimum Gasteiger partial charge on any atom is -0.355 e. The van der Waals surface area contributed by atoms with Crippen molar-refractivity contribution in [1.29, 1.82) is 5.26 Å². The highest BCUT2D eigenvalue weighted by Crippen LogP contribution is 2.22. The quantitative estimate of drug-likeness (QED) is 0.724. The van der Waals surface area contributed by atoms with Crippen molar-refractivity contribution in [2.75, 3.05) is 6.54 Å². The zero-order chi connectivity index (χ0) is 10.9. The van der Waals surface area contributed by atoms with Gasteiger partial charge in [-0.3, -0.25) is 4.79 Å².